The number of rotatable bonds is 5. The standard InChI is InChI=1S/C17H19ClFN7O/c1-9(2)27-15-6-14(25-26-15)23-16-12(18)8-21-17(24-16)22-10(3)13-5-4-11(19)7-20-13/h4-5,7-10H,6H2,1-3H3,(H2,21,22,23,24,25)/t10-/m0/s1. The maximum Gasteiger partial charge on any atom is 0.225 e. The zero-order valence-electron chi connectivity index (χ0n) is 15.1. The molecule has 10 heteroatoms. The lowest BCUT2D eigenvalue weighted by atomic mass is 10.2. The fraction of sp³-hybridized carbons (Fsp3) is 0.353. The van der Waals surface area contributed by atoms with Crippen LogP contribution in [-0.4, -0.2) is 32.8 Å². The number of hydrazone groups is 1. The number of aromatic nitrogens is 3. The molecule has 8 nitrogen and oxygen atoms in total. The lowest BCUT2D eigenvalue weighted by molar-refractivity contribution is 0.225. The smallest absolute Gasteiger partial charge is 0.225 e. The van der Waals surface area contributed by atoms with E-state index in [1.54, 1.807) is 6.07 Å². The molecule has 2 aromatic rings. The zero-order valence-corrected chi connectivity index (χ0v) is 15.8. The minimum Gasteiger partial charge on any atom is -0.477 e. The fourth-order valence-electron chi connectivity index (χ4n) is 2.30. The maximum atomic E-state index is 13.0. The average molecular weight is 392 g/mol. The van der Waals surface area contributed by atoms with E-state index in [2.05, 4.69) is 35.8 Å². The Bertz CT molecular complexity index is 870. The number of ether oxygens (including phenoxy) is 1. The predicted molar refractivity (Wildman–Crippen MR) is 102 cm³/mol. The molecule has 0 aliphatic carbocycles. The highest BCUT2D eigenvalue weighted by Gasteiger charge is 2.17. The van der Waals surface area contributed by atoms with Crippen LogP contribution in [0.5, 0.6) is 0 Å². The molecule has 27 heavy (non-hydrogen) atoms. The summed E-state index contributed by atoms with van der Waals surface area (Å²) in [5, 5.41) is 7.48. The van der Waals surface area contributed by atoms with Crippen molar-refractivity contribution < 1.29 is 9.13 Å². The molecule has 1 aliphatic heterocycles. The van der Waals surface area contributed by atoms with Crippen molar-refractivity contribution in [1.82, 2.24) is 20.4 Å². The molecule has 0 saturated carbocycles. The van der Waals surface area contributed by atoms with Gasteiger partial charge in [-0.1, -0.05) is 11.6 Å². The lowest BCUT2D eigenvalue weighted by Gasteiger charge is -2.13. The highest BCUT2D eigenvalue weighted by molar-refractivity contribution is 6.32. The summed E-state index contributed by atoms with van der Waals surface area (Å²) < 4.78 is 18.5. The Hall–Kier alpha value is -2.81. The molecule has 0 bridgehead atoms. The lowest BCUT2D eigenvalue weighted by Crippen LogP contribution is -2.13. The summed E-state index contributed by atoms with van der Waals surface area (Å²) in [5.41, 5.74) is 3.46. The molecule has 2 N–H and O–H groups in total. The molecule has 0 unspecified atom stereocenters. The van der Waals surface area contributed by atoms with Crippen molar-refractivity contribution in [2.24, 2.45) is 10.1 Å². The van der Waals surface area contributed by atoms with Crippen molar-refractivity contribution in [3.8, 4) is 0 Å². The Morgan fingerprint density at radius 3 is 2.78 bits per heavy atom. The number of nitrogens with zero attached hydrogens (tertiary/aromatic N) is 5. The van der Waals surface area contributed by atoms with Crippen LogP contribution in [0.15, 0.2) is 34.6 Å². The number of pyridine rings is 1. The molecular formula is C17H19ClFN7O. The van der Waals surface area contributed by atoms with Gasteiger partial charge in [-0.3, -0.25) is 10.4 Å². The van der Waals surface area contributed by atoms with Crippen LogP contribution in [0.3, 0.4) is 0 Å². The first-order valence-electron chi connectivity index (χ1n) is 8.38. The molecule has 3 heterocycles. The van der Waals surface area contributed by atoms with Gasteiger partial charge in [0.15, 0.2) is 5.82 Å². The fourth-order valence-corrected chi connectivity index (χ4v) is 2.43. The van der Waals surface area contributed by atoms with Gasteiger partial charge in [-0.15, -0.1) is 5.10 Å². The summed E-state index contributed by atoms with van der Waals surface area (Å²) in [7, 11) is 0. The highest BCUT2D eigenvalue weighted by Crippen LogP contribution is 2.25. The van der Waals surface area contributed by atoms with Crippen LogP contribution >= 0.6 is 11.6 Å². The van der Waals surface area contributed by atoms with Crippen LogP contribution in [0.4, 0.5) is 16.2 Å². The molecule has 142 valence electrons. The summed E-state index contributed by atoms with van der Waals surface area (Å²) in [6, 6.07) is 2.72. The van der Waals surface area contributed by atoms with E-state index >= 15 is 0 Å². The van der Waals surface area contributed by atoms with Gasteiger partial charge in [-0.25, -0.2) is 14.4 Å². The molecule has 0 fully saturated rings. The van der Waals surface area contributed by atoms with Gasteiger partial charge < -0.3 is 10.1 Å². The molecule has 0 spiro atoms. The second-order valence-corrected chi connectivity index (χ2v) is 6.56. The SMILES string of the molecule is CC(C)OC1=NNC(=Nc2nc(N[C@@H](C)c3ccc(F)cn3)ncc2Cl)C1. The monoisotopic (exact) mass is 391 g/mol. The minimum absolute atomic E-state index is 0.0323. The van der Waals surface area contributed by atoms with Gasteiger partial charge in [0.2, 0.25) is 11.8 Å². The molecule has 0 amide bonds. The Morgan fingerprint density at radius 2 is 2.07 bits per heavy atom. The molecule has 3 rings (SSSR count). The van der Waals surface area contributed by atoms with E-state index < -0.39 is 0 Å². The van der Waals surface area contributed by atoms with Crippen molar-refractivity contribution in [3.63, 3.8) is 0 Å². The summed E-state index contributed by atoms with van der Waals surface area (Å²) in [6.45, 7) is 5.72. The number of aliphatic imine (C=N–C) groups is 1. The molecule has 0 radical (unpaired) electrons. The normalized spacial score (nSPS) is 16.2. The van der Waals surface area contributed by atoms with E-state index in [-0.39, 0.29) is 18.0 Å². The van der Waals surface area contributed by atoms with E-state index in [9.17, 15) is 4.39 Å². The van der Waals surface area contributed by atoms with Crippen LogP contribution < -0.4 is 10.7 Å². The Balaban J connectivity index is 1.71. The summed E-state index contributed by atoms with van der Waals surface area (Å²) >= 11 is 6.16. The molecule has 0 aromatic carbocycles. The van der Waals surface area contributed by atoms with E-state index in [1.807, 2.05) is 20.8 Å². The molecule has 2 aromatic heterocycles. The number of amidine groups is 1. The first-order valence-corrected chi connectivity index (χ1v) is 8.76. The highest BCUT2D eigenvalue weighted by atomic mass is 35.5. The second-order valence-electron chi connectivity index (χ2n) is 6.15. The Morgan fingerprint density at radius 1 is 1.26 bits per heavy atom. The Kier molecular flexibility index (Phi) is 5.80. The second kappa shape index (κ2) is 8.26. The van der Waals surface area contributed by atoms with E-state index in [0.29, 0.717) is 40.6 Å². The van der Waals surface area contributed by atoms with E-state index in [4.69, 9.17) is 16.3 Å². The maximum absolute atomic E-state index is 13.0. The third kappa shape index (κ3) is 5.10. The van der Waals surface area contributed by atoms with Crippen molar-refractivity contribution >= 4 is 35.1 Å². The number of hydrogen-bond acceptors (Lipinski definition) is 7. The number of nitrogens with one attached hydrogen (secondary N) is 2. The van der Waals surface area contributed by atoms with Crippen molar-refractivity contribution in [2.75, 3.05) is 5.32 Å². The first kappa shape index (κ1) is 19.0. The van der Waals surface area contributed by atoms with Gasteiger partial charge in [0.25, 0.3) is 0 Å². The van der Waals surface area contributed by atoms with Crippen molar-refractivity contribution in [1.29, 1.82) is 0 Å². The molecule has 1 atom stereocenters. The number of halogens is 2. The van der Waals surface area contributed by atoms with Crippen LogP contribution in [0, 0.1) is 5.82 Å². The van der Waals surface area contributed by atoms with Gasteiger partial charge in [0, 0.05) is 0 Å². The van der Waals surface area contributed by atoms with Gasteiger partial charge in [-0.05, 0) is 32.9 Å². The van der Waals surface area contributed by atoms with Crippen LogP contribution in [0.2, 0.25) is 5.02 Å². The van der Waals surface area contributed by atoms with Gasteiger partial charge in [-0.2, -0.15) is 4.98 Å². The quantitative estimate of drug-likeness (QED) is 0.808. The zero-order chi connectivity index (χ0) is 19.4. The van der Waals surface area contributed by atoms with E-state index in [1.165, 1.54) is 12.3 Å². The largest absolute Gasteiger partial charge is 0.477 e. The summed E-state index contributed by atoms with van der Waals surface area (Å²) in [4.78, 5) is 16.9. The van der Waals surface area contributed by atoms with Crippen molar-refractivity contribution in [3.05, 3.63) is 41.1 Å². The number of hydrogen-bond donors (Lipinski definition) is 2. The van der Waals surface area contributed by atoms with Gasteiger partial charge >= 0.3 is 0 Å². The topological polar surface area (TPSA) is 96.7 Å². The van der Waals surface area contributed by atoms with Crippen LogP contribution in [-0.2, 0) is 4.74 Å². The summed E-state index contributed by atoms with van der Waals surface area (Å²) in [5.74, 6) is 1.37. The first-order chi connectivity index (χ1) is 12.9. The molecular weight excluding hydrogens is 373 g/mol. The molecule has 0 saturated heterocycles. The summed E-state index contributed by atoms with van der Waals surface area (Å²) in [6.07, 6.45) is 3.08. The van der Waals surface area contributed by atoms with Crippen molar-refractivity contribution in [2.45, 2.75) is 39.3 Å². The van der Waals surface area contributed by atoms with E-state index in [0.717, 1.165) is 6.20 Å². The minimum atomic E-state index is -0.390. The van der Waals surface area contributed by atoms with Gasteiger partial charge in [0.05, 0.1) is 36.7 Å². The number of anilines is 1. The Labute approximate surface area is 161 Å². The van der Waals surface area contributed by atoms with Gasteiger partial charge in [0.1, 0.15) is 16.7 Å². The third-order valence-electron chi connectivity index (χ3n) is 3.51. The predicted octanol–water partition coefficient (Wildman–Crippen LogP) is 3.60. The van der Waals surface area contributed by atoms with Crippen LogP contribution in [0.1, 0.15) is 38.9 Å². The van der Waals surface area contributed by atoms with Crippen LogP contribution in [0.25, 0.3) is 0 Å². The third-order valence-corrected chi connectivity index (χ3v) is 3.77. The average Bonchev–Trinajstić information content (AvgIpc) is 3.04. The molecule has 1 aliphatic rings.